The third-order valence-corrected chi connectivity index (χ3v) is 4.27. The number of amides is 1. The summed E-state index contributed by atoms with van der Waals surface area (Å²) < 4.78 is 0. The summed E-state index contributed by atoms with van der Waals surface area (Å²) in [7, 11) is 0. The monoisotopic (exact) mass is 347 g/mol. The maximum atomic E-state index is 12.7. The summed E-state index contributed by atoms with van der Waals surface area (Å²) in [5, 5.41) is 9.74. The fraction of sp³-hybridized carbons (Fsp3) is 0.600. The summed E-state index contributed by atoms with van der Waals surface area (Å²) in [6.07, 6.45) is 6.24. The van der Waals surface area contributed by atoms with E-state index in [1.54, 1.807) is 12.4 Å². The highest BCUT2D eigenvalue weighted by atomic mass is 35.5. The number of aliphatic hydroxyl groups excluding tert-OH is 1. The topological polar surface area (TPSA) is 79.5 Å². The molecule has 3 N–H and O–H groups in total. The number of nitrogens with zero attached hydrogens (tertiary/aromatic N) is 2. The molecule has 7 heteroatoms. The smallest absolute Gasteiger partial charge is 0.226 e. The highest BCUT2D eigenvalue weighted by Gasteiger charge is 2.40. The van der Waals surface area contributed by atoms with Gasteiger partial charge in [0.1, 0.15) is 0 Å². The van der Waals surface area contributed by atoms with Crippen molar-refractivity contribution in [1.82, 2.24) is 9.88 Å². The molecule has 1 heterocycles. The summed E-state index contributed by atoms with van der Waals surface area (Å²) in [6.45, 7) is 0.610. The average Bonchev–Trinajstić information content (AvgIpc) is 3.23. The molecule has 0 saturated heterocycles. The number of hydrogen-bond donors (Lipinski definition) is 2. The molecule has 1 aromatic rings. The van der Waals surface area contributed by atoms with Crippen molar-refractivity contribution in [2.24, 2.45) is 11.7 Å². The summed E-state index contributed by atoms with van der Waals surface area (Å²) in [4.78, 5) is 18.7. The molecule has 1 amide bonds. The first kappa shape index (κ1) is 19.2. The molecule has 2 aliphatic rings. The second-order valence-electron chi connectivity index (χ2n) is 5.96. The van der Waals surface area contributed by atoms with Gasteiger partial charge in [0.05, 0.1) is 6.10 Å². The lowest BCUT2D eigenvalue weighted by Gasteiger charge is -2.25. The first-order valence-corrected chi connectivity index (χ1v) is 7.28. The quantitative estimate of drug-likeness (QED) is 0.865. The van der Waals surface area contributed by atoms with Crippen molar-refractivity contribution in [3.8, 4) is 0 Å². The maximum absolute atomic E-state index is 12.7. The van der Waals surface area contributed by atoms with Crippen LogP contribution in [0.3, 0.4) is 0 Å². The van der Waals surface area contributed by atoms with E-state index in [0.29, 0.717) is 25.4 Å². The van der Waals surface area contributed by atoms with Crippen LogP contribution in [0, 0.1) is 5.92 Å². The lowest BCUT2D eigenvalue weighted by atomic mass is 10.1. The number of aliphatic hydroxyl groups is 1. The zero-order valence-corrected chi connectivity index (χ0v) is 13.9. The van der Waals surface area contributed by atoms with E-state index < -0.39 is 6.10 Å². The van der Waals surface area contributed by atoms with Gasteiger partial charge in [-0.3, -0.25) is 9.78 Å². The molecule has 3 atom stereocenters. The standard InChI is InChI=1S/C15H21N3O2.2ClH/c16-13-6-11(7-14(13)19)15(20)18(12-3-4-12)9-10-2-1-5-17-8-10;;/h1-2,5,8,11-14,19H,3-4,6-7,9,16H2;2*1H/t11-,13-,14-;;/m0../s1. The third-order valence-electron chi connectivity index (χ3n) is 4.27. The fourth-order valence-electron chi connectivity index (χ4n) is 2.95. The molecule has 22 heavy (non-hydrogen) atoms. The Balaban J connectivity index is 0.00000121. The van der Waals surface area contributed by atoms with E-state index in [-0.39, 0.29) is 42.7 Å². The van der Waals surface area contributed by atoms with Gasteiger partial charge in [0.2, 0.25) is 5.91 Å². The normalized spacial score (nSPS) is 26.7. The molecule has 5 nitrogen and oxygen atoms in total. The Morgan fingerprint density at radius 1 is 1.36 bits per heavy atom. The summed E-state index contributed by atoms with van der Waals surface area (Å²) in [5.41, 5.74) is 6.87. The first-order chi connectivity index (χ1) is 9.65. The SMILES string of the molecule is Cl.Cl.N[C@H]1C[C@H](C(=O)N(Cc2cccnc2)C2CC2)C[C@@H]1O. The largest absolute Gasteiger partial charge is 0.391 e. The van der Waals surface area contributed by atoms with E-state index in [9.17, 15) is 9.90 Å². The highest BCUT2D eigenvalue weighted by molar-refractivity contribution is 5.85. The molecular formula is C15H23Cl2N3O2. The van der Waals surface area contributed by atoms with Crippen molar-refractivity contribution < 1.29 is 9.90 Å². The number of aromatic nitrogens is 1. The van der Waals surface area contributed by atoms with Gasteiger partial charge in [-0.05, 0) is 37.3 Å². The van der Waals surface area contributed by atoms with Crippen LogP contribution < -0.4 is 5.73 Å². The summed E-state index contributed by atoms with van der Waals surface area (Å²) >= 11 is 0. The minimum Gasteiger partial charge on any atom is -0.391 e. The molecule has 3 rings (SSSR count). The Morgan fingerprint density at radius 2 is 2.09 bits per heavy atom. The van der Waals surface area contributed by atoms with Gasteiger partial charge in [0.25, 0.3) is 0 Å². The minimum absolute atomic E-state index is 0. The molecule has 0 aromatic carbocycles. The fourth-order valence-corrected chi connectivity index (χ4v) is 2.95. The van der Waals surface area contributed by atoms with Gasteiger partial charge in [-0.25, -0.2) is 0 Å². The van der Waals surface area contributed by atoms with E-state index in [2.05, 4.69) is 4.98 Å². The number of carbonyl (C=O) groups is 1. The van der Waals surface area contributed by atoms with Crippen molar-refractivity contribution in [1.29, 1.82) is 0 Å². The van der Waals surface area contributed by atoms with E-state index in [0.717, 1.165) is 18.4 Å². The van der Waals surface area contributed by atoms with Gasteiger partial charge in [0, 0.05) is 36.9 Å². The van der Waals surface area contributed by atoms with Crippen LogP contribution in [0.2, 0.25) is 0 Å². The van der Waals surface area contributed by atoms with Crippen molar-refractivity contribution in [2.45, 2.75) is 50.4 Å². The summed E-state index contributed by atoms with van der Waals surface area (Å²) in [6, 6.07) is 3.98. The van der Waals surface area contributed by atoms with E-state index in [4.69, 9.17) is 5.73 Å². The van der Waals surface area contributed by atoms with Crippen LogP contribution in [-0.4, -0.2) is 39.1 Å². The molecule has 2 saturated carbocycles. The van der Waals surface area contributed by atoms with Gasteiger partial charge in [0.15, 0.2) is 0 Å². The van der Waals surface area contributed by atoms with Crippen molar-refractivity contribution in [3.05, 3.63) is 30.1 Å². The van der Waals surface area contributed by atoms with Crippen LogP contribution in [-0.2, 0) is 11.3 Å². The molecule has 124 valence electrons. The van der Waals surface area contributed by atoms with Crippen LogP contribution in [0.4, 0.5) is 0 Å². The van der Waals surface area contributed by atoms with E-state index in [1.165, 1.54) is 0 Å². The number of carbonyl (C=O) groups excluding carboxylic acids is 1. The lowest BCUT2D eigenvalue weighted by Crippen LogP contribution is -2.37. The average molecular weight is 348 g/mol. The molecule has 0 aliphatic heterocycles. The lowest BCUT2D eigenvalue weighted by molar-refractivity contribution is -0.136. The van der Waals surface area contributed by atoms with Crippen LogP contribution in [0.15, 0.2) is 24.5 Å². The zero-order chi connectivity index (χ0) is 14.1. The first-order valence-electron chi connectivity index (χ1n) is 7.28. The number of halogens is 2. The van der Waals surface area contributed by atoms with Gasteiger partial charge in [-0.15, -0.1) is 24.8 Å². The predicted octanol–water partition coefficient (Wildman–Crippen LogP) is 1.51. The minimum atomic E-state index is -0.539. The molecule has 0 bridgehead atoms. The molecule has 1 aromatic heterocycles. The molecule has 0 unspecified atom stereocenters. The number of pyridine rings is 1. The van der Waals surface area contributed by atoms with Crippen molar-refractivity contribution in [3.63, 3.8) is 0 Å². The van der Waals surface area contributed by atoms with Crippen LogP contribution >= 0.6 is 24.8 Å². The van der Waals surface area contributed by atoms with Crippen LogP contribution in [0.5, 0.6) is 0 Å². The third kappa shape index (κ3) is 4.32. The van der Waals surface area contributed by atoms with E-state index in [1.807, 2.05) is 17.0 Å². The number of rotatable bonds is 4. The molecular weight excluding hydrogens is 325 g/mol. The highest BCUT2D eigenvalue weighted by Crippen LogP contribution is 2.33. The maximum Gasteiger partial charge on any atom is 0.226 e. The van der Waals surface area contributed by atoms with Gasteiger partial charge < -0.3 is 15.7 Å². The number of nitrogens with two attached hydrogens (primary N) is 1. The van der Waals surface area contributed by atoms with Crippen LogP contribution in [0.1, 0.15) is 31.2 Å². The summed E-state index contributed by atoms with van der Waals surface area (Å²) in [5.74, 6) is 0.0145. The zero-order valence-electron chi connectivity index (χ0n) is 12.3. The van der Waals surface area contributed by atoms with Crippen molar-refractivity contribution in [2.75, 3.05) is 0 Å². The van der Waals surface area contributed by atoms with Crippen molar-refractivity contribution >= 4 is 30.7 Å². The van der Waals surface area contributed by atoms with Gasteiger partial charge in [-0.2, -0.15) is 0 Å². The molecule has 0 radical (unpaired) electrons. The number of hydrogen-bond acceptors (Lipinski definition) is 4. The van der Waals surface area contributed by atoms with Gasteiger partial charge >= 0.3 is 0 Å². The predicted molar refractivity (Wildman–Crippen MR) is 89.0 cm³/mol. The Labute approximate surface area is 143 Å². The van der Waals surface area contributed by atoms with Gasteiger partial charge in [-0.1, -0.05) is 6.07 Å². The van der Waals surface area contributed by atoms with E-state index >= 15 is 0 Å². The van der Waals surface area contributed by atoms with Crippen LogP contribution in [0.25, 0.3) is 0 Å². The molecule has 2 fully saturated rings. The molecule has 0 spiro atoms. The second kappa shape index (κ2) is 8.11. The Hall–Kier alpha value is -0.880. The Kier molecular flexibility index (Phi) is 7.06. The Morgan fingerprint density at radius 3 is 2.59 bits per heavy atom. The Bertz CT molecular complexity index is 475. The second-order valence-corrected chi connectivity index (χ2v) is 5.96. The molecule has 2 aliphatic carbocycles.